The number of aromatic nitrogens is 1. The fourth-order valence-corrected chi connectivity index (χ4v) is 5.08. The molecule has 5 nitrogen and oxygen atoms in total. The number of thiophene rings is 1. The maximum atomic E-state index is 12.3. The highest BCUT2D eigenvalue weighted by molar-refractivity contribution is 9.11. The smallest absolute Gasteiger partial charge is 0.271 e. The normalized spacial score (nSPS) is 11.7. The van der Waals surface area contributed by atoms with E-state index in [9.17, 15) is 13.2 Å². The lowest BCUT2D eigenvalue weighted by Crippen LogP contribution is -2.12. The predicted molar refractivity (Wildman–Crippen MR) is 92.1 cm³/mol. The fourth-order valence-electron chi connectivity index (χ4n) is 2.02. The molecule has 0 aliphatic heterocycles. The summed E-state index contributed by atoms with van der Waals surface area (Å²) in [5.41, 5.74) is 1.42. The highest BCUT2D eigenvalue weighted by Gasteiger charge is 2.16. The summed E-state index contributed by atoms with van der Waals surface area (Å²) < 4.78 is 28.0. The van der Waals surface area contributed by atoms with Crippen molar-refractivity contribution in [3.63, 3.8) is 0 Å². The molecule has 2 heterocycles. The van der Waals surface area contributed by atoms with Crippen LogP contribution in [0.5, 0.6) is 0 Å². The van der Waals surface area contributed by atoms with E-state index < -0.39 is 10.0 Å². The highest BCUT2D eigenvalue weighted by atomic mass is 79.9. The van der Waals surface area contributed by atoms with Gasteiger partial charge in [-0.1, -0.05) is 6.07 Å². The summed E-state index contributed by atoms with van der Waals surface area (Å²) in [6.45, 7) is 1.73. The highest BCUT2D eigenvalue weighted by Crippen LogP contribution is 2.28. The monoisotopic (exact) mass is 398 g/mol. The molecule has 2 N–H and O–H groups in total. The SMILES string of the molecule is Cc1cc2ccc(NS(=O)(=O)c3ccc(Br)s3)cc2[nH]c1=O. The first-order chi connectivity index (χ1) is 10.3. The Balaban J connectivity index is 2.00. The number of benzene rings is 1. The van der Waals surface area contributed by atoms with E-state index in [0.717, 1.165) is 20.5 Å². The number of aromatic amines is 1. The molecule has 3 aromatic rings. The summed E-state index contributed by atoms with van der Waals surface area (Å²) in [6, 6.07) is 10.0. The number of fused-ring (bicyclic) bond motifs is 1. The quantitative estimate of drug-likeness (QED) is 0.708. The molecule has 0 fully saturated rings. The molecular weight excluding hydrogens is 388 g/mol. The van der Waals surface area contributed by atoms with Crippen molar-refractivity contribution in [2.75, 3.05) is 4.72 Å². The minimum absolute atomic E-state index is 0.185. The van der Waals surface area contributed by atoms with E-state index in [2.05, 4.69) is 25.6 Å². The topological polar surface area (TPSA) is 79.0 Å². The first kappa shape index (κ1) is 15.3. The number of aryl methyl sites for hydroxylation is 1. The first-order valence-corrected chi connectivity index (χ1v) is 9.36. The van der Waals surface area contributed by atoms with E-state index >= 15 is 0 Å². The number of rotatable bonds is 3. The number of hydrogen-bond donors (Lipinski definition) is 2. The van der Waals surface area contributed by atoms with Crippen LogP contribution in [0.25, 0.3) is 10.9 Å². The van der Waals surface area contributed by atoms with Crippen LogP contribution in [0.1, 0.15) is 5.56 Å². The van der Waals surface area contributed by atoms with Crippen LogP contribution >= 0.6 is 27.3 Å². The van der Waals surface area contributed by atoms with Gasteiger partial charge in [0.15, 0.2) is 0 Å². The second-order valence-electron chi connectivity index (χ2n) is 4.75. The van der Waals surface area contributed by atoms with Gasteiger partial charge in [-0.15, -0.1) is 11.3 Å². The van der Waals surface area contributed by atoms with Gasteiger partial charge in [0.2, 0.25) is 0 Å². The largest absolute Gasteiger partial charge is 0.322 e. The molecule has 0 unspecified atom stereocenters. The molecule has 0 spiro atoms. The Morgan fingerprint density at radius 1 is 1.18 bits per heavy atom. The number of H-pyrrole nitrogens is 1. The van der Waals surface area contributed by atoms with Crippen LogP contribution in [0.3, 0.4) is 0 Å². The van der Waals surface area contributed by atoms with Gasteiger partial charge < -0.3 is 4.98 Å². The van der Waals surface area contributed by atoms with Crippen molar-refractivity contribution >= 4 is 53.9 Å². The number of nitrogens with one attached hydrogen (secondary N) is 2. The zero-order chi connectivity index (χ0) is 15.9. The third-order valence-corrected chi connectivity index (χ3v) is 6.59. The number of sulfonamides is 1. The second-order valence-corrected chi connectivity index (χ2v) is 9.12. The Bertz CT molecular complexity index is 1020. The molecule has 0 amide bonds. The molecular formula is C14H11BrN2O3S2. The van der Waals surface area contributed by atoms with Crippen LogP contribution in [0.15, 0.2) is 49.2 Å². The van der Waals surface area contributed by atoms with Crippen LogP contribution in [0.2, 0.25) is 0 Å². The van der Waals surface area contributed by atoms with Crippen molar-refractivity contribution in [3.05, 3.63) is 56.1 Å². The second kappa shape index (κ2) is 5.53. The van der Waals surface area contributed by atoms with E-state index in [1.54, 1.807) is 37.3 Å². The lowest BCUT2D eigenvalue weighted by atomic mass is 10.1. The zero-order valence-electron chi connectivity index (χ0n) is 11.4. The van der Waals surface area contributed by atoms with E-state index in [1.165, 1.54) is 6.07 Å². The Morgan fingerprint density at radius 3 is 2.64 bits per heavy atom. The summed E-state index contributed by atoms with van der Waals surface area (Å²) >= 11 is 4.37. The van der Waals surface area contributed by atoms with Crippen molar-refractivity contribution in [1.29, 1.82) is 0 Å². The molecule has 0 aliphatic carbocycles. The Hall–Kier alpha value is -1.64. The number of pyridine rings is 1. The number of hydrogen-bond acceptors (Lipinski definition) is 4. The first-order valence-electron chi connectivity index (χ1n) is 6.27. The molecule has 0 saturated heterocycles. The minimum atomic E-state index is -3.63. The summed E-state index contributed by atoms with van der Waals surface area (Å²) in [7, 11) is -3.63. The number of anilines is 1. The lowest BCUT2D eigenvalue weighted by Gasteiger charge is -2.07. The van der Waals surface area contributed by atoms with E-state index in [4.69, 9.17) is 0 Å². The molecule has 1 aromatic carbocycles. The van der Waals surface area contributed by atoms with Gasteiger partial charge in [0.25, 0.3) is 15.6 Å². The summed E-state index contributed by atoms with van der Waals surface area (Å²) in [5.74, 6) is 0. The average Bonchev–Trinajstić information content (AvgIpc) is 2.88. The van der Waals surface area contributed by atoms with E-state index in [-0.39, 0.29) is 9.77 Å². The number of halogens is 1. The van der Waals surface area contributed by atoms with Crippen molar-refractivity contribution in [2.24, 2.45) is 0 Å². The minimum Gasteiger partial charge on any atom is -0.322 e. The maximum Gasteiger partial charge on any atom is 0.271 e. The van der Waals surface area contributed by atoms with Gasteiger partial charge in [0.1, 0.15) is 4.21 Å². The van der Waals surface area contributed by atoms with Gasteiger partial charge in [-0.05, 0) is 58.6 Å². The molecule has 0 aliphatic rings. The van der Waals surface area contributed by atoms with Gasteiger partial charge in [-0.25, -0.2) is 8.42 Å². The molecule has 0 bridgehead atoms. The zero-order valence-corrected chi connectivity index (χ0v) is 14.6. The molecule has 114 valence electrons. The van der Waals surface area contributed by atoms with E-state index in [0.29, 0.717) is 16.8 Å². The lowest BCUT2D eigenvalue weighted by molar-refractivity contribution is 0.603. The molecule has 0 saturated carbocycles. The van der Waals surface area contributed by atoms with Crippen molar-refractivity contribution in [1.82, 2.24) is 4.98 Å². The molecule has 3 rings (SSSR count). The molecule has 8 heteroatoms. The Labute approximate surface area is 139 Å². The Morgan fingerprint density at radius 2 is 1.95 bits per heavy atom. The summed E-state index contributed by atoms with van der Waals surface area (Å²) in [6.07, 6.45) is 0. The average molecular weight is 399 g/mol. The fraction of sp³-hybridized carbons (Fsp3) is 0.0714. The predicted octanol–water partition coefficient (Wildman–Crippen LogP) is 3.46. The van der Waals surface area contributed by atoms with Crippen LogP contribution in [-0.2, 0) is 10.0 Å². The van der Waals surface area contributed by atoms with Crippen LogP contribution in [0.4, 0.5) is 5.69 Å². The Kier molecular flexibility index (Phi) is 3.84. The van der Waals surface area contributed by atoms with Crippen LogP contribution < -0.4 is 10.3 Å². The van der Waals surface area contributed by atoms with Gasteiger partial charge in [-0.3, -0.25) is 9.52 Å². The summed E-state index contributed by atoms with van der Waals surface area (Å²) in [5, 5.41) is 0.846. The van der Waals surface area contributed by atoms with Crippen LogP contribution in [-0.4, -0.2) is 13.4 Å². The van der Waals surface area contributed by atoms with Gasteiger partial charge in [0.05, 0.1) is 15.0 Å². The van der Waals surface area contributed by atoms with Crippen molar-refractivity contribution < 1.29 is 8.42 Å². The third kappa shape index (κ3) is 2.94. The van der Waals surface area contributed by atoms with Gasteiger partial charge in [-0.2, -0.15) is 0 Å². The molecule has 2 aromatic heterocycles. The van der Waals surface area contributed by atoms with Crippen LogP contribution in [0, 0.1) is 6.92 Å². The summed E-state index contributed by atoms with van der Waals surface area (Å²) in [4.78, 5) is 14.4. The van der Waals surface area contributed by atoms with Gasteiger partial charge in [0, 0.05) is 5.56 Å². The third-order valence-electron chi connectivity index (χ3n) is 3.10. The standard InChI is InChI=1S/C14H11BrN2O3S2/c1-8-6-9-2-3-10(7-11(9)16-14(8)18)17-22(19,20)13-5-4-12(15)21-13/h2-7,17H,1H3,(H,16,18). The van der Waals surface area contributed by atoms with Crippen molar-refractivity contribution in [3.8, 4) is 0 Å². The van der Waals surface area contributed by atoms with E-state index in [1.807, 2.05) is 0 Å². The van der Waals surface area contributed by atoms with Crippen molar-refractivity contribution in [2.45, 2.75) is 11.1 Å². The molecule has 0 atom stereocenters. The maximum absolute atomic E-state index is 12.3. The molecule has 0 radical (unpaired) electrons. The molecule has 22 heavy (non-hydrogen) atoms. The van der Waals surface area contributed by atoms with Gasteiger partial charge >= 0.3 is 0 Å².